The molecule has 0 saturated heterocycles. The van der Waals surface area contributed by atoms with Crippen molar-refractivity contribution >= 4 is 17.5 Å². The Balaban J connectivity index is 1.97. The molecule has 1 fully saturated rings. The Morgan fingerprint density at radius 1 is 1.38 bits per heavy atom. The molecule has 1 aliphatic carbocycles. The Morgan fingerprint density at radius 3 is 2.81 bits per heavy atom. The summed E-state index contributed by atoms with van der Waals surface area (Å²) >= 11 is 5.83. The number of nitrogens with one attached hydrogen (secondary N) is 1. The van der Waals surface area contributed by atoms with E-state index < -0.39 is 0 Å². The first-order valence-electron chi connectivity index (χ1n) is 5.74. The first-order valence-corrected chi connectivity index (χ1v) is 6.11. The molecule has 0 atom stereocenters. The summed E-state index contributed by atoms with van der Waals surface area (Å²) in [5.74, 6) is -0.0607. The molecule has 1 aromatic rings. The van der Waals surface area contributed by atoms with Crippen LogP contribution in [0.2, 0.25) is 5.02 Å². The molecule has 1 aliphatic rings. The average molecular weight is 237 g/mol. The lowest BCUT2D eigenvalue weighted by Crippen LogP contribution is -2.36. The summed E-state index contributed by atoms with van der Waals surface area (Å²) in [6, 6.07) is 8.28. The second-order valence-electron chi connectivity index (χ2n) is 4.23. The van der Waals surface area contributed by atoms with Crippen LogP contribution in [-0.2, 0) is 0 Å². The first kappa shape index (κ1) is 11.5. The summed E-state index contributed by atoms with van der Waals surface area (Å²) < 4.78 is 0. The van der Waals surface area contributed by atoms with Crippen LogP contribution in [0.15, 0.2) is 18.2 Å². The number of carbonyl (C=O) groups is 1. The molecule has 2 rings (SSSR count). The van der Waals surface area contributed by atoms with Gasteiger partial charge >= 0.3 is 0 Å². The van der Waals surface area contributed by atoms with E-state index in [4.69, 9.17) is 11.6 Å². The molecule has 16 heavy (non-hydrogen) atoms. The van der Waals surface area contributed by atoms with E-state index in [0.29, 0.717) is 16.6 Å². The average Bonchev–Trinajstić information content (AvgIpc) is 2.30. The van der Waals surface area contributed by atoms with E-state index in [-0.39, 0.29) is 5.91 Å². The second-order valence-corrected chi connectivity index (χ2v) is 4.67. The zero-order chi connectivity index (χ0) is 11.4. The molecule has 0 heterocycles. The van der Waals surface area contributed by atoms with Crippen LogP contribution in [0, 0.1) is 6.07 Å². The zero-order valence-corrected chi connectivity index (χ0v) is 9.89. The summed E-state index contributed by atoms with van der Waals surface area (Å²) in [5.41, 5.74) is 0.526. The highest BCUT2D eigenvalue weighted by Gasteiger charge is 2.16. The van der Waals surface area contributed by atoms with Crippen molar-refractivity contribution in [3.63, 3.8) is 0 Å². The topological polar surface area (TPSA) is 29.1 Å². The van der Waals surface area contributed by atoms with Crippen LogP contribution in [0.1, 0.15) is 42.5 Å². The van der Waals surface area contributed by atoms with E-state index in [1.807, 2.05) is 0 Å². The van der Waals surface area contributed by atoms with Gasteiger partial charge < -0.3 is 5.32 Å². The van der Waals surface area contributed by atoms with Crippen LogP contribution in [0.25, 0.3) is 0 Å². The standard InChI is InChI=1S/C13H15ClNO/c14-11-6-4-5-10(9-11)13(16)15-12-7-2-1-3-8-12/h4,6,9,12H,1-3,7-8H2,(H,15,16). The molecule has 0 spiro atoms. The molecule has 1 N–H and O–H groups in total. The summed E-state index contributed by atoms with van der Waals surface area (Å²) in [4.78, 5) is 11.9. The van der Waals surface area contributed by atoms with Crippen molar-refractivity contribution in [3.05, 3.63) is 34.9 Å². The lowest BCUT2D eigenvalue weighted by molar-refractivity contribution is 0.0927. The van der Waals surface area contributed by atoms with Gasteiger partial charge in [0, 0.05) is 16.6 Å². The largest absolute Gasteiger partial charge is 0.349 e. The number of hydrogen-bond donors (Lipinski definition) is 1. The highest BCUT2D eigenvalue weighted by atomic mass is 35.5. The third-order valence-electron chi connectivity index (χ3n) is 2.95. The van der Waals surface area contributed by atoms with Crippen LogP contribution in [0.4, 0.5) is 0 Å². The summed E-state index contributed by atoms with van der Waals surface area (Å²) in [6.45, 7) is 0. The number of halogens is 1. The normalized spacial score (nSPS) is 17.1. The van der Waals surface area contributed by atoms with E-state index in [0.717, 1.165) is 12.8 Å². The monoisotopic (exact) mass is 236 g/mol. The molecule has 2 nitrogen and oxygen atoms in total. The van der Waals surface area contributed by atoms with Gasteiger partial charge in [-0.25, -0.2) is 0 Å². The van der Waals surface area contributed by atoms with Gasteiger partial charge in [-0.3, -0.25) is 4.79 Å². The zero-order valence-electron chi connectivity index (χ0n) is 9.13. The SMILES string of the molecule is O=C(NC1CCCCC1)c1[c]ccc(Cl)c1. The maximum atomic E-state index is 11.9. The minimum Gasteiger partial charge on any atom is -0.349 e. The van der Waals surface area contributed by atoms with Crippen LogP contribution >= 0.6 is 11.6 Å². The van der Waals surface area contributed by atoms with E-state index in [9.17, 15) is 4.79 Å². The van der Waals surface area contributed by atoms with Gasteiger partial charge in [0.2, 0.25) is 0 Å². The number of hydrogen-bond acceptors (Lipinski definition) is 1. The van der Waals surface area contributed by atoms with E-state index in [1.54, 1.807) is 18.2 Å². The van der Waals surface area contributed by atoms with Crippen molar-refractivity contribution < 1.29 is 4.79 Å². The Bertz CT molecular complexity index is 372. The van der Waals surface area contributed by atoms with Gasteiger partial charge in [0.15, 0.2) is 0 Å². The minimum atomic E-state index is -0.0607. The number of carbonyl (C=O) groups excluding carboxylic acids is 1. The third kappa shape index (κ3) is 2.99. The first-order chi connectivity index (χ1) is 7.75. The van der Waals surface area contributed by atoms with Crippen LogP contribution in [0.5, 0.6) is 0 Å². The fourth-order valence-corrected chi connectivity index (χ4v) is 2.25. The summed E-state index contributed by atoms with van der Waals surface area (Å²) in [7, 11) is 0. The van der Waals surface area contributed by atoms with Gasteiger partial charge in [0.05, 0.1) is 0 Å². The predicted octanol–water partition coefficient (Wildman–Crippen LogP) is 3.20. The summed E-state index contributed by atoms with van der Waals surface area (Å²) in [5, 5.41) is 3.61. The quantitative estimate of drug-likeness (QED) is 0.840. The molecule has 0 aromatic heterocycles. The highest BCUT2D eigenvalue weighted by Crippen LogP contribution is 2.18. The molecule has 0 unspecified atom stereocenters. The Labute approximate surface area is 101 Å². The molecule has 1 amide bonds. The van der Waals surface area contributed by atoms with E-state index >= 15 is 0 Å². The van der Waals surface area contributed by atoms with Crippen LogP contribution in [0.3, 0.4) is 0 Å². The van der Waals surface area contributed by atoms with Crippen molar-refractivity contribution in [1.82, 2.24) is 5.32 Å². The van der Waals surface area contributed by atoms with E-state index in [2.05, 4.69) is 11.4 Å². The summed E-state index contributed by atoms with van der Waals surface area (Å²) in [6.07, 6.45) is 5.89. The van der Waals surface area contributed by atoms with Crippen molar-refractivity contribution in [1.29, 1.82) is 0 Å². The lowest BCUT2D eigenvalue weighted by atomic mass is 9.95. The molecular weight excluding hydrogens is 222 g/mol. The van der Waals surface area contributed by atoms with E-state index in [1.165, 1.54) is 19.3 Å². The van der Waals surface area contributed by atoms with Gasteiger partial charge in [-0.15, -0.1) is 0 Å². The van der Waals surface area contributed by atoms with Crippen LogP contribution in [-0.4, -0.2) is 11.9 Å². The smallest absolute Gasteiger partial charge is 0.252 e. The Morgan fingerprint density at radius 2 is 2.12 bits per heavy atom. The molecule has 1 aromatic carbocycles. The maximum absolute atomic E-state index is 11.9. The maximum Gasteiger partial charge on any atom is 0.252 e. The third-order valence-corrected chi connectivity index (χ3v) is 3.18. The van der Waals surface area contributed by atoms with Crippen molar-refractivity contribution in [2.75, 3.05) is 0 Å². The van der Waals surface area contributed by atoms with Crippen molar-refractivity contribution in [3.8, 4) is 0 Å². The molecule has 85 valence electrons. The number of benzene rings is 1. The highest BCUT2D eigenvalue weighted by molar-refractivity contribution is 6.30. The van der Waals surface area contributed by atoms with Crippen LogP contribution < -0.4 is 5.32 Å². The molecule has 0 aliphatic heterocycles. The fraction of sp³-hybridized carbons (Fsp3) is 0.462. The predicted molar refractivity (Wildman–Crippen MR) is 64.6 cm³/mol. The fourth-order valence-electron chi connectivity index (χ4n) is 2.08. The number of amides is 1. The molecule has 1 radical (unpaired) electrons. The Hall–Kier alpha value is -1.02. The van der Waals surface area contributed by atoms with Gasteiger partial charge in [-0.05, 0) is 31.0 Å². The minimum absolute atomic E-state index is 0.0607. The number of rotatable bonds is 2. The van der Waals surface area contributed by atoms with Gasteiger partial charge in [0.25, 0.3) is 5.91 Å². The van der Waals surface area contributed by atoms with Gasteiger partial charge in [0.1, 0.15) is 0 Å². The lowest BCUT2D eigenvalue weighted by Gasteiger charge is -2.22. The molecule has 1 saturated carbocycles. The molecule has 3 heteroatoms. The van der Waals surface area contributed by atoms with Crippen molar-refractivity contribution in [2.24, 2.45) is 0 Å². The molecular formula is C13H15ClNO. The van der Waals surface area contributed by atoms with Gasteiger partial charge in [-0.2, -0.15) is 0 Å². The van der Waals surface area contributed by atoms with Crippen molar-refractivity contribution in [2.45, 2.75) is 38.1 Å². The second kappa shape index (κ2) is 5.35. The Kier molecular flexibility index (Phi) is 3.83. The molecule has 0 bridgehead atoms. The van der Waals surface area contributed by atoms with Gasteiger partial charge in [-0.1, -0.05) is 36.9 Å².